The fourth-order valence-corrected chi connectivity index (χ4v) is 3.94. The normalized spacial score (nSPS) is 13.4. The van der Waals surface area contributed by atoms with E-state index >= 15 is 0 Å². The quantitative estimate of drug-likeness (QED) is 0.761. The van der Waals surface area contributed by atoms with Crippen molar-refractivity contribution in [2.75, 3.05) is 6.54 Å². The molecular formula is C18H24ClNS. The zero-order valence-electron chi connectivity index (χ0n) is 13.5. The number of rotatable bonds is 4. The highest BCUT2D eigenvalue weighted by Crippen LogP contribution is 2.37. The Morgan fingerprint density at radius 2 is 1.90 bits per heavy atom. The van der Waals surface area contributed by atoms with Gasteiger partial charge in [-0.15, -0.1) is 11.3 Å². The summed E-state index contributed by atoms with van der Waals surface area (Å²) >= 11 is 7.96. The standard InChI is InChI=1S/C18H24ClNS/c1-6-20-16(15-11-12(2)17(19)21-15)13-9-7-8-10-14(13)18(3,4)5/h7-11,16,20H,6H2,1-5H3. The third-order valence-electron chi connectivity index (χ3n) is 3.65. The SMILES string of the molecule is CCNC(c1cc(C)c(Cl)s1)c1ccccc1C(C)(C)C. The molecule has 0 amide bonds. The van der Waals surface area contributed by atoms with Crippen molar-refractivity contribution in [3.8, 4) is 0 Å². The molecule has 1 aromatic carbocycles. The van der Waals surface area contributed by atoms with Crippen molar-refractivity contribution in [1.82, 2.24) is 5.32 Å². The zero-order chi connectivity index (χ0) is 15.6. The first kappa shape index (κ1) is 16.5. The highest BCUT2D eigenvalue weighted by atomic mass is 35.5. The second-order valence-electron chi connectivity index (χ2n) is 6.43. The molecule has 0 saturated carbocycles. The van der Waals surface area contributed by atoms with E-state index in [9.17, 15) is 0 Å². The van der Waals surface area contributed by atoms with Gasteiger partial charge in [0.05, 0.1) is 10.4 Å². The van der Waals surface area contributed by atoms with Crippen molar-refractivity contribution in [3.63, 3.8) is 0 Å². The van der Waals surface area contributed by atoms with Crippen LogP contribution in [0.5, 0.6) is 0 Å². The summed E-state index contributed by atoms with van der Waals surface area (Å²) in [5.41, 5.74) is 4.02. The summed E-state index contributed by atoms with van der Waals surface area (Å²) in [4.78, 5) is 1.29. The Morgan fingerprint density at radius 3 is 2.43 bits per heavy atom. The Bertz CT molecular complexity index is 590. The molecule has 1 N–H and O–H groups in total. The van der Waals surface area contributed by atoms with Crippen LogP contribution in [0.4, 0.5) is 0 Å². The number of hydrogen-bond donors (Lipinski definition) is 1. The summed E-state index contributed by atoms with van der Waals surface area (Å²) < 4.78 is 0.890. The van der Waals surface area contributed by atoms with Crippen molar-refractivity contribution in [2.45, 2.75) is 46.1 Å². The predicted octanol–water partition coefficient (Wildman–Crippen LogP) is 5.71. The predicted molar refractivity (Wildman–Crippen MR) is 94.7 cm³/mol. The minimum atomic E-state index is 0.125. The second-order valence-corrected chi connectivity index (χ2v) is 8.12. The molecule has 0 bridgehead atoms. The Balaban J connectivity index is 2.53. The van der Waals surface area contributed by atoms with Crippen LogP contribution in [0, 0.1) is 6.92 Å². The van der Waals surface area contributed by atoms with Gasteiger partial charge in [0.2, 0.25) is 0 Å². The first-order chi connectivity index (χ1) is 9.84. The number of aryl methyl sites for hydroxylation is 1. The molecule has 114 valence electrons. The van der Waals surface area contributed by atoms with Crippen LogP contribution >= 0.6 is 22.9 Å². The van der Waals surface area contributed by atoms with Crippen LogP contribution in [0.1, 0.15) is 55.3 Å². The lowest BCUT2D eigenvalue weighted by Gasteiger charge is -2.27. The maximum Gasteiger partial charge on any atom is 0.0961 e. The van der Waals surface area contributed by atoms with Gasteiger partial charge in [0.25, 0.3) is 0 Å². The molecule has 1 heterocycles. The molecule has 0 aliphatic rings. The number of hydrogen-bond acceptors (Lipinski definition) is 2. The number of nitrogens with one attached hydrogen (secondary N) is 1. The van der Waals surface area contributed by atoms with Gasteiger partial charge in [-0.05, 0) is 41.6 Å². The topological polar surface area (TPSA) is 12.0 Å². The Labute approximate surface area is 137 Å². The average molecular weight is 322 g/mol. The third kappa shape index (κ3) is 3.68. The molecule has 3 heteroatoms. The van der Waals surface area contributed by atoms with E-state index in [1.54, 1.807) is 11.3 Å². The summed E-state index contributed by atoms with van der Waals surface area (Å²) in [7, 11) is 0. The Hall–Kier alpha value is -0.830. The average Bonchev–Trinajstić information content (AvgIpc) is 2.75. The number of benzene rings is 1. The third-order valence-corrected chi connectivity index (χ3v) is 5.27. The Morgan fingerprint density at radius 1 is 1.24 bits per heavy atom. The first-order valence-corrected chi connectivity index (χ1v) is 8.62. The van der Waals surface area contributed by atoms with Crippen molar-refractivity contribution in [3.05, 3.63) is 56.2 Å². The van der Waals surface area contributed by atoms with Crippen LogP contribution in [0.3, 0.4) is 0 Å². The molecule has 21 heavy (non-hydrogen) atoms. The molecule has 0 saturated heterocycles. The number of thiophene rings is 1. The van der Waals surface area contributed by atoms with E-state index in [-0.39, 0.29) is 11.5 Å². The van der Waals surface area contributed by atoms with Gasteiger partial charge in [-0.1, -0.05) is 63.6 Å². The molecule has 0 aliphatic heterocycles. The van der Waals surface area contributed by atoms with E-state index < -0.39 is 0 Å². The van der Waals surface area contributed by atoms with Crippen molar-refractivity contribution in [2.24, 2.45) is 0 Å². The van der Waals surface area contributed by atoms with Crippen molar-refractivity contribution >= 4 is 22.9 Å². The maximum absolute atomic E-state index is 6.28. The molecule has 0 aliphatic carbocycles. The van der Waals surface area contributed by atoms with Crippen LogP contribution in [-0.4, -0.2) is 6.54 Å². The van der Waals surface area contributed by atoms with E-state index in [0.29, 0.717) is 0 Å². The van der Waals surface area contributed by atoms with Gasteiger partial charge in [-0.3, -0.25) is 0 Å². The zero-order valence-corrected chi connectivity index (χ0v) is 15.0. The highest BCUT2D eigenvalue weighted by Gasteiger charge is 2.24. The summed E-state index contributed by atoms with van der Waals surface area (Å²) in [6.07, 6.45) is 0. The maximum atomic E-state index is 6.28. The van der Waals surface area contributed by atoms with Gasteiger partial charge >= 0.3 is 0 Å². The van der Waals surface area contributed by atoms with Gasteiger partial charge in [0, 0.05) is 4.88 Å². The van der Waals surface area contributed by atoms with Crippen LogP contribution in [-0.2, 0) is 5.41 Å². The molecule has 0 spiro atoms. The largest absolute Gasteiger partial charge is 0.306 e. The molecule has 1 atom stereocenters. The highest BCUT2D eigenvalue weighted by molar-refractivity contribution is 7.16. The van der Waals surface area contributed by atoms with E-state index in [4.69, 9.17) is 11.6 Å². The smallest absolute Gasteiger partial charge is 0.0961 e. The summed E-state index contributed by atoms with van der Waals surface area (Å²) in [5.74, 6) is 0. The van der Waals surface area contributed by atoms with Crippen LogP contribution in [0.15, 0.2) is 30.3 Å². The molecule has 1 unspecified atom stereocenters. The molecule has 2 aromatic rings. The fourth-order valence-electron chi connectivity index (χ4n) is 2.63. The molecule has 2 rings (SSSR count). The summed E-state index contributed by atoms with van der Waals surface area (Å²) in [5, 5.41) is 3.62. The molecule has 0 radical (unpaired) electrons. The summed E-state index contributed by atoms with van der Waals surface area (Å²) in [6.45, 7) is 11.9. The van der Waals surface area contributed by atoms with E-state index in [2.05, 4.69) is 70.3 Å². The minimum Gasteiger partial charge on any atom is -0.306 e. The summed E-state index contributed by atoms with van der Waals surface area (Å²) in [6, 6.07) is 11.1. The monoisotopic (exact) mass is 321 g/mol. The van der Waals surface area contributed by atoms with Crippen molar-refractivity contribution < 1.29 is 0 Å². The lowest BCUT2D eigenvalue weighted by Crippen LogP contribution is -2.25. The Kier molecular flexibility index (Phi) is 5.13. The van der Waals surface area contributed by atoms with E-state index in [0.717, 1.165) is 16.4 Å². The van der Waals surface area contributed by atoms with Gasteiger partial charge in [0.1, 0.15) is 0 Å². The van der Waals surface area contributed by atoms with E-state index in [1.165, 1.54) is 16.0 Å². The minimum absolute atomic E-state index is 0.125. The van der Waals surface area contributed by atoms with E-state index in [1.807, 2.05) is 0 Å². The van der Waals surface area contributed by atoms with Gasteiger partial charge < -0.3 is 5.32 Å². The van der Waals surface area contributed by atoms with Gasteiger partial charge in [-0.25, -0.2) is 0 Å². The lowest BCUT2D eigenvalue weighted by molar-refractivity contribution is 0.559. The fraction of sp³-hybridized carbons (Fsp3) is 0.444. The molecule has 0 fully saturated rings. The van der Waals surface area contributed by atoms with Crippen LogP contribution in [0.25, 0.3) is 0 Å². The number of halogens is 1. The van der Waals surface area contributed by atoms with Crippen LogP contribution in [0.2, 0.25) is 4.34 Å². The van der Waals surface area contributed by atoms with Crippen LogP contribution < -0.4 is 5.32 Å². The second kappa shape index (κ2) is 6.51. The molecule has 1 aromatic heterocycles. The molecular weight excluding hydrogens is 298 g/mol. The first-order valence-electron chi connectivity index (χ1n) is 7.43. The van der Waals surface area contributed by atoms with Gasteiger partial charge in [-0.2, -0.15) is 0 Å². The molecule has 1 nitrogen and oxygen atoms in total. The van der Waals surface area contributed by atoms with Crippen molar-refractivity contribution in [1.29, 1.82) is 0 Å². The lowest BCUT2D eigenvalue weighted by atomic mass is 9.81. The van der Waals surface area contributed by atoms with Gasteiger partial charge in [0.15, 0.2) is 0 Å².